The van der Waals surface area contributed by atoms with E-state index < -0.39 is 12.0 Å². The summed E-state index contributed by atoms with van der Waals surface area (Å²) in [5.41, 5.74) is 1.96. The maximum Gasteiger partial charge on any atom is 0.338 e. The number of benzene rings is 1. The van der Waals surface area contributed by atoms with Gasteiger partial charge >= 0.3 is 5.97 Å². The molecule has 2 aliphatic rings. The molecule has 0 saturated carbocycles. The summed E-state index contributed by atoms with van der Waals surface area (Å²) in [6.07, 6.45) is 1.73. The lowest BCUT2D eigenvalue weighted by molar-refractivity contribution is -0.139. The first-order chi connectivity index (χ1) is 12.1. The highest BCUT2D eigenvalue weighted by atomic mass is 32.2. The van der Waals surface area contributed by atoms with Crippen LogP contribution in [0.2, 0.25) is 0 Å². The highest BCUT2D eigenvalue weighted by Crippen LogP contribution is 2.44. The molecule has 0 bridgehead atoms. The van der Waals surface area contributed by atoms with Crippen LogP contribution in [0.1, 0.15) is 45.2 Å². The van der Waals surface area contributed by atoms with E-state index in [-0.39, 0.29) is 17.8 Å². The molecule has 0 aromatic heterocycles. The van der Waals surface area contributed by atoms with Gasteiger partial charge in [-0.3, -0.25) is 9.69 Å². The summed E-state index contributed by atoms with van der Waals surface area (Å²) in [7, 11) is 0. The predicted molar refractivity (Wildman–Crippen MR) is 99.1 cm³/mol. The number of nitrogens with zero attached hydrogens (tertiary/aromatic N) is 2. The van der Waals surface area contributed by atoms with Crippen molar-refractivity contribution in [1.29, 1.82) is 0 Å². The Hall–Kier alpha value is -2.08. The molecule has 5 nitrogen and oxygen atoms in total. The summed E-state index contributed by atoms with van der Waals surface area (Å²) in [6, 6.07) is 9.14. The smallest absolute Gasteiger partial charge is 0.338 e. The summed E-state index contributed by atoms with van der Waals surface area (Å²) < 4.78 is 5.25. The summed E-state index contributed by atoms with van der Waals surface area (Å²) in [6.45, 7) is 5.94. The molecule has 0 N–H and O–H groups in total. The van der Waals surface area contributed by atoms with E-state index in [0.29, 0.717) is 16.4 Å². The summed E-state index contributed by atoms with van der Waals surface area (Å²) in [4.78, 5) is 31.8. The van der Waals surface area contributed by atoms with Crippen LogP contribution in [0.15, 0.2) is 46.6 Å². The minimum absolute atomic E-state index is 0.0220. The van der Waals surface area contributed by atoms with Crippen molar-refractivity contribution in [2.75, 3.05) is 6.61 Å². The van der Waals surface area contributed by atoms with E-state index in [1.807, 2.05) is 37.3 Å². The molecule has 3 rings (SSSR count). The number of fused-ring (bicyclic) bond motifs is 1. The van der Waals surface area contributed by atoms with Gasteiger partial charge in [-0.2, -0.15) is 0 Å². The fourth-order valence-corrected chi connectivity index (χ4v) is 4.52. The Morgan fingerprint density at radius 3 is 2.64 bits per heavy atom. The number of carbonyl (C=O) groups is 2. The third kappa shape index (κ3) is 3.23. The van der Waals surface area contributed by atoms with Crippen LogP contribution < -0.4 is 0 Å². The van der Waals surface area contributed by atoms with Gasteiger partial charge in [-0.25, -0.2) is 9.79 Å². The van der Waals surface area contributed by atoms with Crippen LogP contribution in [0.25, 0.3) is 0 Å². The lowest BCUT2D eigenvalue weighted by Crippen LogP contribution is -2.40. The van der Waals surface area contributed by atoms with Crippen LogP contribution in [0.5, 0.6) is 0 Å². The fourth-order valence-electron chi connectivity index (χ4n) is 3.20. The zero-order valence-corrected chi connectivity index (χ0v) is 15.5. The number of hydrogen-bond donors (Lipinski definition) is 0. The second-order valence-electron chi connectivity index (χ2n) is 6.03. The molecule has 2 heterocycles. The van der Waals surface area contributed by atoms with Crippen molar-refractivity contribution in [2.45, 2.75) is 44.9 Å². The molecule has 0 spiro atoms. The highest BCUT2D eigenvalue weighted by Gasteiger charge is 2.47. The third-order valence-corrected chi connectivity index (χ3v) is 5.53. The Morgan fingerprint density at radius 2 is 2.00 bits per heavy atom. The molecular formula is C19H22N2O3S. The van der Waals surface area contributed by atoms with Gasteiger partial charge in [-0.1, -0.05) is 55.4 Å². The first-order valence-corrected chi connectivity index (χ1v) is 9.47. The molecule has 2 aliphatic heterocycles. The van der Waals surface area contributed by atoms with Gasteiger partial charge in [0, 0.05) is 0 Å². The molecule has 0 radical (unpaired) electrons. The van der Waals surface area contributed by atoms with Crippen molar-refractivity contribution in [2.24, 2.45) is 4.99 Å². The minimum atomic E-state index is -0.477. The second kappa shape index (κ2) is 7.44. The van der Waals surface area contributed by atoms with Crippen LogP contribution in [-0.2, 0) is 14.3 Å². The molecule has 0 unspecified atom stereocenters. The molecule has 6 heteroatoms. The number of rotatable bonds is 5. The summed E-state index contributed by atoms with van der Waals surface area (Å²) >= 11 is 1.50. The quantitative estimate of drug-likeness (QED) is 0.754. The standard InChI is InChI=1S/C19H22N2O3S/c1-4-9-14-17(22)21-16(13-10-7-6-8-11-13)15(18(23)24-5-2)12(3)20-19(21)25-14/h6-8,10-11,14,16H,4-5,9H2,1-3H3/t14-,16-/m0/s1. The number of hydrogen-bond acceptors (Lipinski definition) is 5. The van der Waals surface area contributed by atoms with E-state index in [2.05, 4.69) is 11.9 Å². The van der Waals surface area contributed by atoms with E-state index in [1.54, 1.807) is 11.8 Å². The zero-order chi connectivity index (χ0) is 18.0. The number of amidine groups is 1. The molecule has 1 saturated heterocycles. The number of thioether (sulfide) groups is 1. The largest absolute Gasteiger partial charge is 0.463 e. The fraction of sp³-hybridized carbons (Fsp3) is 0.421. The Bertz CT molecular complexity index is 742. The average molecular weight is 358 g/mol. The molecule has 25 heavy (non-hydrogen) atoms. The zero-order valence-electron chi connectivity index (χ0n) is 14.7. The van der Waals surface area contributed by atoms with Gasteiger partial charge in [-0.15, -0.1) is 0 Å². The molecule has 1 aromatic rings. The number of esters is 1. The topological polar surface area (TPSA) is 59.0 Å². The lowest BCUT2D eigenvalue weighted by Gasteiger charge is -2.33. The van der Waals surface area contributed by atoms with E-state index in [4.69, 9.17) is 4.74 Å². The van der Waals surface area contributed by atoms with Crippen LogP contribution in [-0.4, -0.2) is 33.8 Å². The maximum absolute atomic E-state index is 13.0. The minimum Gasteiger partial charge on any atom is -0.463 e. The highest BCUT2D eigenvalue weighted by molar-refractivity contribution is 8.15. The van der Waals surface area contributed by atoms with Gasteiger partial charge < -0.3 is 4.74 Å². The van der Waals surface area contributed by atoms with Crippen molar-refractivity contribution in [3.05, 3.63) is 47.2 Å². The number of amides is 1. The molecular weight excluding hydrogens is 336 g/mol. The Kier molecular flexibility index (Phi) is 5.27. The van der Waals surface area contributed by atoms with E-state index in [1.165, 1.54) is 11.8 Å². The average Bonchev–Trinajstić information content (AvgIpc) is 2.90. The third-order valence-electron chi connectivity index (χ3n) is 4.31. The van der Waals surface area contributed by atoms with Crippen molar-refractivity contribution in [3.8, 4) is 0 Å². The van der Waals surface area contributed by atoms with Crippen LogP contribution in [0.3, 0.4) is 0 Å². The van der Waals surface area contributed by atoms with Gasteiger partial charge in [0.1, 0.15) is 0 Å². The van der Waals surface area contributed by atoms with Gasteiger partial charge in [-0.05, 0) is 25.8 Å². The number of aliphatic imine (C=N–C) groups is 1. The van der Waals surface area contributed by atoms with Crippen molar-refractivity contribution >= 4 is 28.8 Å². The van der Waals surface area contributed by atoms with Crippen LogP contribution in [0.4, 0.5) is 0 Å². The normalized spacial score (nSPS) is 22.8. The monoisotopic (exact) mass is 358 g/mol. The van der Waals surface area contributed by atoms with E-state index in [9.17, 15) is 9.59 Å². The Labute approximate surface area is 152 Å². The van der Waals surface area contributed by atoms with Crippen molar-refractivity contribution < 1.29 is 14.3 Å². The summed E-state index contributed by atoms with van der Waals surface area (Å²) in [5, 5.41) is 0.548. The number of allylic oxidation sites excluding steroid dienone is 1. The van der Waals surface area contributed by atoms with E-state index >= 15 is 0 Å². The maximum atomic E-state index is 13.0. The lowest BCUT2D eigenvalue weighted by atomic mass is 9.94. The van der Waals surface area contributed by atoms with Gasteiger partial charge in [0.05, 0.1) is 29.2 Å². The second-order valence-corrected chi connectivity index (χ2v) is 7.20. The SMILES string of the molecule is CCC[C@@H]1SC2=NC(C)=C(C(=O)OCC)[C@H](c3ccccc3)N2C1=O. The van der Waals surface area contributed by atoms with Gasteiger partial charge in [0.25, 0.3) is 0 Å². The van der Waals surface area contributed by atoms with Crippen LogP contribution >= 0.6 is 11.8 Å². The first-order valence-electron chi connectivity index (χ1n) is 8.59. The Morgan fingerprint density at radius 1 is 1.28 bits per heavy atom. The predicted octanol–water partition coefficient (Wildman–Crippen LogP) is 3.68. The van der Waals surface area contributed by atoms with Gasteiger partial charge in [0.15, 0.2) is 5.17 Å². The molecule has 132 valence electrons. The van der Waals surface area contributed by atoms with Crippen molar-refractivity contribution in [3.63, 3.8) is 0 Å². The summed E-state index contributed by atoms with van der Waals surface area (Å²) in [5.74, 6) is -0.387. The molecule has 0 aliphatic carbocycles. The van der Waals surface area contributed by atoms with E-state index in [0.717, 1.165) is 18.4 Å². The molecule has 1 amide bonds. The van der Waals surface area contributed by atoms with Crippen LogP contribution in [0, 0.1) is 0 Å². The molecule has 1 aromatic carbocycles. The Balaban J connectivity index is 2.09. The molecule has 1 fully saturated rings. The number of ether oxygens (including phenoxy) is 1. The first kappa shape index (κ1) is 17.7. The van der Waals surface area contributed by atoms with Gasteiger partial charge in [0.2, 0.25) is 5.91 Å². The number of carbonyl (C=O) groups excluding carboxylic acids is 2. The molecule has 2 atom stereocenters. The van der Waals surface area contributed by atoms with Crippen molar-refractivity contribution in [1.82, 2.24) is 4.90 Å².